The van der Waals surface area contributed by atoms with Gasteiger partial charge in [-0.15, -0.1) is 0 Å². The minimum atomic E-state index is -0.341. The Kier molecular flexibility index (Phi) is 3.98. The fourth-order valence-electron chi connectivity index (χ4n) is 3.83. The third-order valence-corrected chi connectivity index (χ3v) is 5.19. The summed E-state index contributed by atoms with van der Waals surface area (Å²) in [7, 11) is 0. The number of amides is 1. The van der Waals surface area contributed by atoms with Crippen molar-refractivity contribution >= 4 is 5.91 Å². The molecule has 2 aromatic heterocycles. The Bertz CT molecular complexity index is 689. The van der Waals surface area contributed by atoms with Gasteiger partial charge in [-0.25, -0.2) is 0 Å². The van der Waals surface area contributed by atoms with Crippen LogP contribution in [0.25, 0.3) is 0 Å². The molecule has 4 heterocycles. The number of hydrogen-bond donors (Lipinski definition) is 1. The molecule has 6 heteroatoms. The summed E-state index contributed by atoms with van der Waals surface area (Å²) in [5, 5.41) is 3.04. The molecule has 0 bridgehead atoms. The van der Waals surface area contributed by atoms with Crippen molar-refractivity contribution in [1.29, 1.82) is 0 Å². The van der Waals surface area contributed by atoms with Crippen molar-refractivity contribution < 1.29 is 13.9 Å². The van der Waals surface area contributed by atoms with Crippen LogP contribution in [-0.2, 0) is 11.3 Å². The molecule has 2 atom stereocenters. The molecule has 126 valence electrons. The number of furan rings is 1. The zero-order valence-corrected chi connectivity index (χ0v) is 13.5. The second-order valence-corrected chi connectivity index (χ2v) is 6.66. The van der Waals surface area contributed by atoms with Crippen LogP contribution in [0.1, 0.15) is 12.0 Å². The minimum absolute atomic E-state index is 0.164. The highest BCUT2D eigenvalue weighted by Crippen LogP contribution is 2.42. The molecule has 0 unspecified atom stereocenters. The smallest absolute Gasteiger partial charge is 0.228 e. The van der Waals surface area contributed by atoms with Crippen molar-refractivity contribution in [2.24, 2.45) is 11.3 Å². The Morgan fingerprint density at radius 2 is 2.42 bits per heavy atom. The first kappa shape index (κ1) is 15.2. The van der Waals surface area contributed by atoms with Crippen molar-refractivity contribution in [3.8, 4) is 5.75 Å². The van der Waals surface area contributed by atoms with Gasteiger partial charge >= 0.3 is 0 Å². The van der Waals surface area contributed by atoms with Gasteiger partial charge in [0.2, 0.25) is 5.91 Å². The topological polar surface area (TPSA) is 67.6 Å². The highest BCUT2D eigenvalue weighted by Gasteiger charge is 2.54. The number of nitrogens with zero attached hydrogens (tertiary/aromatic N) is 2. The van der Waals surface area contributed by atoms with Gasteiger partial charge in [0.05, 0.1) is 30.7 Å². The average molecular weight is 327 g/mol. The number of likely N-dealkylation sites (tertiary alicyclic amines) is 1. The number of hydrogen-bond acceptors (Lipinski definition) is 5. The summed E-state index contributed by atoms with van der Waals surface area (Å²) in [6.45, 7) is 3.72. The molecule has 2 aliphatic rings. The minimum Gasteiger partial charge on any atom is -0.492 e. The van der Waals surface area contributed by atoms with Gasteiger partial charge in [-0.1, -0.05) is 0 Å². The van der Waals surface area contributed by atoms with E-state index < -0.39 is 0 Å². The number of rotatable bonds is 5. The van der Waals surface area contributed by atoms with Crippen LogP contribution >= 0.6 is 0 Å². The van der Waals surface area contributed by atoms with Gasteiger partial charge in [0.25, 0.3) is 0 Å². The van der Waals surface area contributed by atoms with E-state index in [1.54, 1.807) is 24.9 Å². The maximum absolute atomic E-state index is 12.5. The van der Waals surface area contributed by atoms with Gasteiger partial charge in [-0.05, 0) is 31.2 Å². The fraction of sp³-hybridized carbons (Fsp3) is 0.444. The van der Waals surface area contributed by atoms with Gasteiger partial charge in [-0.3, -0.25) is 14.7 Å². The van der Waals surface area contributed by atoms with Gasteiger partial charge < -0.3 is 14.5 Å². The van der Waals surface area contributed by atoms with Crippen molar-refractivity contribution in [1.82, 2.24) is 15.2 Å². The molecule has 2 aliphatic heterocycles. The molecule has 6 nitrogen and oxygen atoms in total. The average Bonchev–Trinajstić information content (AvgIpc) is 3.32. The zero-order valence-electron chi connectivity index (χ0n) is 13.5. The molecule has 0 aromatic carbocycles. The Labute approximate surface area is 140 Å². The molecule has 1 N–H and O–H groups in total. The van der Waals surface area contributed by atoms with E-state index in [4.69, 9.17) is 9.15 Å². The van der Waals surface area contributed by atoms with Gasteiger partial charge in [0, 0.05) is 37.3 Å². The van der Waals surface area contributed by atoms with Gasteiger partial charge in [-0.2, -0.15) is 0 Å². The van der Waals surface area contributed by atoms with Crippen molar-refractivity contribution in [2.75, 3.05) is 26.2 Å². The lowest BCUT2D eigenvalue weighted by Crippen LogP contribution is -2.40. The monoisotopic (exact) mass is 327 g/mol. The summed E-state index contributed by atoms with van der Waals surface area (Å²) < 4.78 is 11.0. The summed E-state index contributed by atoms with van der Waals surface area (Å²) in [6.07, 6.45) is 7.75. The maximum Gasteiger partial charge on any atom is 0.228 e. The van der Waals surface area contributed by atoms with E-state index in [1.165, 1.54) is 0 Å². The summed E-state index contributed by atoms with van der Waals surface area (Å²) >= 11 is 0. The number of nitrogens with one attached hydrogen (secondary N) is 1. The molecule has 1 amide bonds. The van der Waals surface area contributed by atoms with Gasteiger partial charge in [0.15, 0.2) is 0 Å². The summed E-state index contributed by atoms with van der Waals surface area (Å²) in [5.74, 6) is 1.09. The molecular formula is C18H21N3O3. The Morgan fingerprint density at radius 3 is 3.21 bits per heavy atom. The fourth-order valence-corrected chi connectivity index (χ4v) is 3.83. The van der Waals surface area contributed by atoms with Crippen LogP contribution in [0.4, 0.5) is 0 Å². The van der Waals surface area contributed by atoms with E-state index >= 15 is 0 Å². The van der Waals surface area contributed by atoms with Gasteiger partial charge in [0.1, 0.15) is 5.75 Å². The first-order valence-electron chi connectivity index (χ1n) is 8.31. The molecule has 0 radical (unpaired) electrons. The number of ether oxygens (including phenoxy) is 1. The predicted octanol–water partition coefficient (Wildman–Crippen LogP) is 1.69. The number of aromatic nitrogens is 1. The summed E-state index contributed by atoms with van der Waals surface area (Å²) in [5.41, 5.74) is 0.806. The van der Waals surface area contributed by atoms with E-state index in [0.717, 1.165) is 37.4 Å². The van der Waals surface area contributed by atoms with Crippen molar-refractivity contribution in [3.05, 3.63) is 48.7 Å². The number of pyridine rings is 1. The third-order valence-electron chi connectivity index (χ3n) is 5.19. The maximum atomic E-state index is 12.5. The number of carbonyl (C=O) groups is 1. The van der Waals surface area contributed by atoms with Crippen molar-refractivity contribution in [2.45, 2.75) is 13.0 Å². The van der Waals surface area contributed by atoms with Crippen LogP contribution in [0.5, 0.6) is 5.75 Å². The van der Waals surface area contributed by atoms with E-state index in [2.05, 4.69) is 15.2 Å². The highest BCUT2D eigenvalue weighted by atomic mass is 16.5. The molecular weight excluding hydrogens is 306 g/mol. The normalized spacial score (nSPS) is 26.8. The molecule has 2 fully saturated rings. The first-order chi connectivity index (χ1) is 11.8. The molecule has 0 saturated carbocycles. The van der Waals surface area contributed by atoms with Crippen LogP contribution in [0.15, 0.2) is 47.5 Å². The Morgan fingerprint density at radius 1 is 1.46 bits per heavy atom. The quantitative estimate of drug-likeness (QED) is 0.905. The molecule has 4 rings (SSSR count). The lowest BCUT2D eigenvalue weighted by molar-refractivity contribution is -0.128. The number of carbonyl (C=O) groups excluding carboxylic acids is 1. The highest BCUT2D eigenvalue weighted by molar-refractivity contribution is 5.86. The van der Waals surface area contributed by atoms with Crippen LogP contribution in [0, 0.1) is 11.3 Å². The lowest BCUT2D eigenvalue weighted by Gasteiger charge is -2.28. The second kappa shape index (κ2) is 6.28. The summed E-state index contributed by atoms with van der Waals surface area (Å²) in [4.78, 5) is 18.9. The first-order valence-corrected chi connectivity index (χ1v) is 8.31. The Balaban J connectivity index is 1.43. The molecule has 1 spiro atoms. The van der Waals surface area contributed by atoms with E-state index in [1.807, 2.05) is 18.2 Å². The molecule has 2 saturated heterocycles. The third kappa shape index (κ3) is 2.78. The van der Waals surface area contributed by atoms with E-state index in [9.17, 15) is 4.79 Å². The predicted molar refractivity (Wildman–Crippen MR) is 87.3 cm³/mol. The molecule has 0 aliphatic carbocycles. The van der Waals surface area contributed by atoms with Crippen LogP contribution in [0.2, 0.25) is 0 Å². The SMILES string of the molecule is O=C1NC[C@H](COc2cccnc2)[C@]12CCN(Cc1ccoc1)C2. The standard InChI is InChI=1S/C18H21N3O3/c22-17-18(4-6-21(13-18)10-14-3-7-23-11-14)15(8-20-17)12-24-16-2-1-5-19-9-16/h1-3,5,7,9,11,15H,4,6,8,10,12-13H2,(H,20,22)/t15-,18-/m1/s1. The van der Waals surface area contributed by atoms with Crippen LogP contribution < -0.4 is 10.1 Å². The largest absolute Gasteiger partial charge is 0.492 e. The van der Waals surface area contributed by atoms with Crippen molar-refractivity contribution in [3.63, 3.8) is 0 Å². The van der Waals surface area contributed by atoms with E-state index in [0.29, 0.717) is 13.2 Å². The van der Waals surface area contributed by atoms with E-state index in [-0.39, 0.29) is 17.2 Å². The van der Waals surface area contributed by atoms with Crippen LogP contribution in [0.3, 0.4) is 0 Å². The lowest BCUT2D eigenvalue weighted by atomic mass is 9.77. The van der Waals surface area contributed by atoms with Crippen LogP contribution in [-0.4, -0.2) is 42.0 Å². The zero-order chi connectivity index (χ0) is 16.4. The second-order valence-electron chi connectivity index (χ2n) is 6.66. The summed E-state index contributed by atoms with van der Waals surface area (Å²) in [6, 6.07) is 5.72. The molecule has 24 heavy (non-hydrogen) atoms. The molecule has 2 aromatic rings. The Hall–Kier alpha value is -2.34.